The second-order valence-corrected chi connectivity index (χ2v) is 4.61. The van der Waals surface area contributed by atoms with Crippen molar-refractivity contribution in [1.82, 2.24) is 5.32 Å². The highest BCUT2D eigenvalue weighted by atomic mass is 19.1. The average Bonchev–Trinajstić information content (AvgIpc) is 2.47. The fourth-order valence-corrected chi connectivity index (χ4v) is 1.68. The van der Waals surface area contributed by atoms with Gasteiger partial charge in [0.15, 0.2) is 0 Å². The lowest BCUT2D eigenvalue weighted by Gasteiger charge is -2.13. The molecule has 21 heavy (non-hydrogen) atoms. The summed E-state index contributed by atoms with van der Waals surface area (Å²) in [5.41, 5.74) is 0.803. The molecular formula is C15H24FNO4. The lowest BCUT2D eigenvalue weighted by atomic mass is 10.2. The zero-order chi connectivity index (χ0) is 15.5. The van der Waals surface area contributed by atoms with Crippen molar-refractivity contribution in [2.45, 2.75) is 19.6 Å². The van der Waals surface area contributed by atoms with Crippen molar-refractivity contribution in [1.29, 1.82) is 0 Å². The topological polar surface area (TPSA) is 60.0 Å². The number of halogens is 1. The molecule has 0 heterocycles. The molecule has 0 aliphatic rings. The van der Waals surface area contributed by atoms with Gasteiger partial charge in [-0.2, -0.15) is 0 Å². The van der Waals surface area contributed by atoms with E-state index in [4.69, 9.17) is 14.2 Å². The van der Waals surface area contributed by atoms with Crippen LogP contribution in [0.2, 0.25) is 0 Å². The van der Waals surface area contributed by atoms with Crippen LogP contribution in [0.1, 0.15) is 12.5 Å². The Morgan fingerprint density at radius 1 is 1.24 bits per heavy atom. The van der Waals surface area contributed by atoms with Gasteiger partial charge in [-0.25, -0.2) is 4.39 Å². The third-order valence-electron chi connectivity index (χ3n) is 2.69. The van der Waals surface area contributed by atoms with Gasteiger partial charge < -0.3 is 24.6 Å². The maximum atomic E-state index is 13.5. The summed E-state index contributed by atoms with van der Waals surface area (Å²) in [7, 11) is 1.58. The van der Waals surface area contributed by atoms with E-state index in [0.29, 0.717) is 25.5 Å². The molecule has 0 aliphatic heterocycles. The number of ether oxygens (including phenoxy) is 3. The zero-order valence-electron chi connectivity index (χ0n) is 12.6. The summed E-state index contributed by atoms with van der Waals surface area (Å²) < 4.78 is 28.9. The van der Waals surface area contributed by atoms with Gasteiger partial charge in [-0.1, -0.05) is 6.92 Å². The number of rotatable bonds is 11. The van der Waals surface area contributed by atoms with Gasteiger partial charge in [0.2, 0.25) is 0 Å². The monoisotopic (exact) mass is 301 g/mol. The quantitative estimate of drug-likeness (QED) is 0.604. The van der Waals surface area contributed by atoms with Crippen molar-refractivity contribution >= 4 is 0 Å². The van der Waals surface area contributed by atoms with Crippen molar-refractivity contribution in [2.24, 2.45) is 0 Å². The van der Waals surface area contributed by atoms with Crippen LogP contribution < -0.4 is 10.1 Å². The number of benzene rings is 1. The number of aliphatic hydroxyl groups is 1. The van der Waals surface area contributed by atoms with E-state index in [1.807, 2.05) is 6.92 Å². The largest absolute Gasteiger partial charge is 0.491 e. The molecule has 0 spiro atoms. The molecule has 0 aliphatic carbocycles. The smallest absolute Gasteiger partial charge is 0.127 e. The standard InChI is InChI=1S/C15H24FNO4/c1-3-17-9-12-6-13(16)8-15(7-12)21-11-14(18)10-20-5-4-19-2/h6-8,14,17-18H,3-5,9-11H2,1-2H3. The first-order chi connectivity index (χ1) is 10.2. The molecule has 1 aromatic carbocycles. The molecule has 6 heteroatoms. The number of methoxy groups -OCH3 is 1. The molecule has 0 amide bonds. The van der Waals surface area contributed by atoms with Crippen molar-refractivity contribution in [3.05, 3.63) is 29.6 Å². The minimum atomic E-state index is -0.762. The van der Waals surface area contributed by atoms with Gasteiger partial charge >= 0.3 is 0 Å². The third-order valence-corrected chi connectivity index (χ3v) is 2.69. The molecule has 5 nitrogen and oxygen atoms in total. The highest BCUT2D eigenvalue weighted by Gasteiger charge is 2.07. The second-order valence-electron chi connectivity index (χ2n) is 4.61. The predicted molar refractivity (Wildman–Crippen MR) is 78.0 cm³/mol. The molecule has 1 aromatic rings. The molecule has 1 rings (SSSR count). The van der Waals surface area contributed by atoms with Crippen LogP contribution >= 0.6 is 0 Å². The predicted octanol–water partition coefficient (Wildman–Crippen LogP) is 1.34. The van der Waals surface area contributed by atoms with E-state index in [9.17, 15) is 9.50 Å². The fraction of sp³-hybridized carbons (Fsp3) is 0.600. The summed E-state index contributed by atoms with van der Waals surface area (Å²) in [6.07, 6.45) is -0.762. The fourth-order valence-electron chi connectivity index (χ4n) is 1.68. The Hall–Kier alpha value is -1.21. The van der Waals surface area contributed by atoms with Gasteiger partial charge in [0.1, 0.15) is 24.3 Å². The Kier molecular flexibility index (Phi) is 8.93. The normalized spacial score (nSPS) is 12.4. The van der Waals surface area contributed by atoms with E-state index in [1.54, 1.807) is 13.2 Å². The van der Waals surface area contributed by atoms with Crippen LogP contribution in [0.4, 0.5) is 4.39 Å². The summed E-state index contributed by atoms with van der Waals surface area (Å²) in [4.78, 5) is 0. The number of hydrogen-bond donors (Lipinski definition) is 2. The molecule has 0 saturated heterocycles. The highest BCUT2D eigenvalue weighted by molar-refractivity contribution is 5.29. The van der Waals surface area contributed by atoms with E-state index in [-0.39, 0.29) is 19.0 Å². The lowest BCUT2D eigenvalue weighted by molar-refractivity contribution is -0.00424. The van der Waals surface area contributed by atoms with Gasteiger partial charge in [0.05, 0.1) is 19.8 Å². The van der Waals surface area contributed by atoms with Crippen molar-refractivity contribution in [3.63, 3.8) is 0 Å². The summed E-state index contributed by atoms with van der Waals surface area (Å²) in [5.74, 6) is 0.0464. The summed E-state index contributed by atoms with van der Waals surface area (Å²) in [5, 5.41) is 12.8. The van der Waals surface area contributed by atoms with Gasteiger partial charge in [-0.15, -0.1) is 0 Å². The average molecular weight is 301 g/mol. The van der Waals surface area contributed by atoms with Crippen LogP contribution in [0.25, 0.3) is 0 Å². The van der Waals surface area contributed by atoms with Crippen LogP contribution in [-0.2, 0) is 16.0 Å². The Labute approximate surface area is 125 Å². The molecule has 120 valence electrons. The third kappa shape index (κ3) is 7.96. The van der Waals surface area contributed by atoms with Crippen LogP contribution in [0, 0.1) is 5.82 Å². The first kappa shape index (κ1) is 17.8. The molecule has 0 saturated carbocycles. The Bertz CT molecular complexity index is 403. The molecule has 1 unspecified atom stereocenters. The van der Waals surface area contributed by atoms with Crippen molar-refractivity contribution in [3.8, 4) is 5.75 Å². The van der Waals surface area contributed by atoms with E-state index < -0.39 is 6.10 Å². The van der Waals surface area contributed by atoms with Gasteiger partial charge in [0.25, 0.3) is 0 Å². The van der Waals surface area contributed by atoms with Gasteiger partial charge in [-0.05, 0) is 24.2 Å². The van der Waals surface area contributed by atoms with E-state index in [0.717, 1.165) is 12.1 Å². The lowest BCUT2D eigenvalue weighted by Crippen LogP contribution is -2.24. The molecule has 0 radical (unpaired) electrons. The Morgan fingerprint density at radius 2 is 2.05 bits per heavy atom. The molecule has 2 N–H and O–H groups in total. The van der Waals surface area contributed by atoms with E-state index in [2.05, 4.69) is 5.32 Å². The number of nitrogens with one attached hydrogen (secondary N) is 1. The first-order valence-corrected chi connectivity index (χ1v) is 7.03. The second kappa shape index (κ2) is 10.5. The molecule has 0 fully saturated rings. The van der Waals surface area contributed by atoms with E-state index in [1.165, 1.54) is 12.1 Å². The van der Waals surface area contributed by atoms with Crippen LogP contribution in [0.5, 0.6) is 5.75 Å². The zero-order valence-corrected chi connectivity index (χ0v) is 12.6. The maximum absolute atomic E-state index is 13.5. The van der Waals surface area contributed by atoms with E-state index >= 15 is 0 Å². The minimum absolute atomic E-state index is 0.0527. The van der Waals surface area contributed by atoms with Crippen molar-refractivity contribution < 1.29 is 23.7 Å². The summed E-state index contributed by atoms with van der Waals surface area (Å²) >= 11 is 0. The van der Waals surface area contributed by atoms with Crippen LogP contribution in [0.3, 0.4) is 0 Å². The molecule has 1 atom stereocenters. The SMILES string of the molecule is CCNCc1cc(F)cc(OCC(O)COCCOC)c1. The van der Waals surface area contributed by atoms with Gasteiger partial charge in [-0.3, -0.25) is 0 Å². The van der Waals surface area contributed by atoms with Crippen molar-refractivity contribution in [2.75, 3.05) is 40.1 Å². The summed E-state index contributed by atoms with van der Waals surface area (Å²) in [6, 6.07) is 4.51. The Balaban J connectivity index is 2.38. The van der Waals surface area contributed by atoms with Crippen LogP contribution in [0.15, 0.2) is 18.2 Å². The number of hydrogen-bond acceptors (Lipinski definition) is 5. The highest BCUT2D eigenvalue weighted by Crippen LogP contribution is 2.16. The summed E-state index contributed by atoms with van der Waals surface area (Å²) in [6.45, 7) is 4.47. The maximum Gasteiger partial charge on any atom is 0.127 e. The van der Waals surface area contributed by atoms with Gasteiger partial charge in [0, 0.05) is 19.7 Å². The molecular weight excluding hydrogens is 277 g/mol. The number of aliphatic hydroxyl groups excluding tert-OH is 1. The first-order valence-electron chi connectivity index (χ1n) is 7.03. The Morgan fingerprint density at radius 3 is 2.76 bits per heavy atom. The minimum Gasteiger partial charge on any atom is -0.491 e. The molecule has 0 aromatic heterocycles. The van der Waals surface area contributed by atoms with Crippen LogP contribution in [-0.4, -0.2) is 51.3 Å². The molecule has 0 bridgehead atoms.